The SMILES string of the molecule is CC(C)c1c(-c2ccc(Br)c(F)c2)sc(C(=O)O)c1N. The van der Waals surface area contributed by atoms with Crippen LogP contribution in [0.4, 0.5) is 10.1 Å². The maximum absolute atomic E-state index is 13.7. The van der Waals surface area contributed by atoms with Crippen molar-refractivity contribution in [2.75, 3.05) is 5.73 Å². The Labute approximate surface area is 128 Å². The van der Waals surface area contributed by atoms with Gasteiger partial charge in [-0.2, -0.15) is 0 Å². The summed E-state index contributed by atoms with van der Waals surface area (Å²) in [4.78, 5) is 12.0. The fourth-order valence-corrected chi connectivity index (χ4v) is 3.50. The normalized spacial score (nSPS) is 11.1. The van der Waals surface area contributed by atoms with E-state index in [9.17, 15) is 14.3 Å². The Hall–Kier alpha value is -1.40. The number of hydrogen-bond donors (Lipinski definition) is 2. The highest BCUT2D eigenvalue weighted by atomic mass is 79.9. The van der Waals surface area contributed by atoms with Crippen LogP contribution >= 0.6 is 27.3 Å². The van der Waals surface area contributed by atoms with E-state index >= 15 is 0 Å². The predicted octanol–water partition coefficient (Wildman–Crippen LogP) is 4.72. The number of carboxylic acid groups (broad SMARTS) is 1. The van der Waals surface area contributed by atoms with Crippen molar-refractivity contribution in [2.45, 2.75) is 19.8 Å². The lowest BCUT2D eigenvalue weighted by Crippen LogP contribution is -2.00. The van der Waals surface area contributed by atoms with E-state index in [4.69, 9.17) is 5.73 Å². The molecule has 6 heteroatoms. The van der Waals surface area contributed by atoms with Gasteiger partial charge in [-0.25, -0.2) is 9.18 Å². The number of hydrogen-bond acceptors (Lipinski definition) is 3. The molecule has 1 aromatic heterocycles. The number of benzene rings is 1. The summed E-state index contributed by atoms with van der Waals surface area (Å²) in [6, 6.07) is 4.73. The van der Waals surface area contributed by atoms with Crippen molar-refractivity contribution in [1.82, 2.24) is 0 Å². The van der Waals surface area contributed by atoms with Crippen LogP contribution in [0, 0.1) is 5.82 Å². The van der Waals surface area contributed by atoms with E-state index in [1.165, 1.54) is 6.07 Å². The van der Waals surface area contributed by atoms with Crippen molar-refractivity contribution < 1.29 is 14.3 Å². The monoisotopic (exact) mass is 357 g/mol. The summed E-state index contributed by atoms with van der Waals surface area (Å²) in [5.41, 5.74) is 7.61. The van der Waals surface area contributed by atoms with Crippen LogP contribution in [0.3, 0.4) is 0 Å². The molecule has 0 aliphatic carbocycles. The molecule has 2 rings (SSSR count). The average Bonchev–Trinajstić information content (AvgIpc) is 2.70. The van der Waals surface area contributed by atoms with E-state index in [-0.39, 0.29) is 22.3 Å². The molecule has 0 aliphatic heterocycles. The fraction of sp³-hybridized carbons (Fsp3) is 0.214. The molecular formula is C14H13BrFNO2S. The van der Waals surface area contributed by atoms with Gasteiger partial charge < -0.3 is 10.8 Å². The smallest absolute Gasteiger partial charge is 0.348 e. The first-order valence-electron chi connectivity index (χ1n) is 5.93. The third kappa shape index (κ3) is 2.58. The molecule has 3 nitrogen and oxygen atoms in total. The third-order valence-corrected chi connectivity index (χ3v) is 4.84. The van der Waals surface area contributed by atoms with Crippen LogP contribution in [0.2, 0.25) is 0 Å². The van der Waals surface area contributed by atoms with Gasteiger partial charge in [-0.15, -0.1) is 11.3 Å². The Balaban J connectivity index is 2.69. The number of carboxylic acids is 1. The van der Waals surface area contributed by atoms with Gasteiger partial charge in [-0.3, -0.25) is 0 Å². The number of anilines is 1. The Kier molecular flexibility index (Phi) is 4.15. The second kappa shape index (κ2) is 5.54. The van der Waals surface area contributed by atoms with E-state index in [1.807, 2.05) is 13.8 Å². The van der Waals surface area contributed by atoms with Crippen molar-refractivity contribution in [1.29, 1.82) is 0 Å². The zero-order valence-electron chi connectivity index (χ0n) is 10.9. The van der Waals surface area contributed by atoms with Crippen molar-refractivity contribution in [2.24, 2.45) is 0 Å². The van der Waals surface area contributed by atoms with Gasteiger partial charge in [0.2, 0.25) is 0 Å². The summed E-state index contributed by atoms with van der Waals surface area (Å²) < 4.78 is 14.0. The third-order valence-electron chi connectivity index (χ3n) is 2.94. The van der Waals surface area contributed by atoms with Crippen LogP contribution < -0.4 is 5.73 Å². The molecule has 106 valence electrons. The molecule has 3 N–H and O–H groups in total. The first kappa shape index (κ1) is 15.0. The molecule has 0 unspecified atom stereocenters. The molecule has 0 aliphatic rings. The van der Waals surface area contributed by atoms with Gasteiger partial charge >= 0.3 is 5.97 Å². The van der Waals surface area contributed by atoms with Crippen LogP contribution in [0.25, 0.3) is 10.4 Å². The average molecular weight is 358 g/mol. The number of nitrogen functional groups attached to an aromatic ring is 1. The molecular weight excluding hydrogens is 345 g/mol. The standard InChI is InChI=1S/C14H13BrFNO2S/c1-6(2)10-11(17)13(14(18)19)20-12(10)7-3-4-8(15)9(16)5-7/h3-6H,17H2,1-2H3,(H,18,19). The Morgan fingerprint density at radius 2 is 2.10 bits per heavy atom. The van der Waals surface area contributed by atoms with Crippen molar-refractivity contribution in [3.8, 4) is 10.4 Å². The lowest BCUT2D eigenvalue weighted by Gasteiger charge is -2.09. The van der Waals surface area contributed by atoms with Crippen molar-refractivity contribution in [3.63, 3.8) is 0 Å². The van der Waals surface area contributed by atoms with Gasteiger partial charge in [-0.05, 0) is 45.1 Å². The topological polar surface area (TPSA) is 63.3 Å². The highest BCUT2D eigenvalue weighted by Gasteiger charge is 2.23. The van der Waals surface area contributed by atoms with E-state index in [0.29, 0.717) is 14.9 Å². The summed E-state index contributed by atoms with van der Waals surface area (Å²) in [6.07, 6.45) is 0. The zero-order valence-corrected chi connectivity index (χ0v) is 13.3. The Morgan fingerprint density at radius 3 is 2.60 bits per heavy atom. The Morgan fingerprint density at radius 1 is 1.45 bits per heavy atom. The number of aromatic carboxylic acids is 1. The molecule has 2 aromatic rings. The molecule has 20 heavy (non-hydrogen) atoms. The summed E-state index contributed by atoms with van der Waals surface area (Å²) in [7, 11) is 0. The van der Waals surface area contributed by atoms with Crippen molar-refractivity contribution >= 4 is 38.9 Å². The highest BCUT2D eigenvalue weighted by molar-refractivity contribution is 9.10. The van der Waals surface area contributed by atoms with Crippen molar-refractivity contribution in [3.05, 3.63) is 38.9 Å². The lowest BCUT2D eigenvalue weighted by atomic mass is 9.98. The van der Waals surface area contributed by atoms with Crippen LogP contribution in [-0.2, 0) is 0 Å². The van der Waals surface area contributed by atoms with Gasteiger partial charge in [0, 0.05) is 4.88 Å². The zero-order chi connectivity index (χ0) is 15.0. The predicted molar refractivity (Wildman–Crippen MR) is 82.9 cm³/mol. The molecule has 0 fully saturated rings. The van der Waals surface area contributed by atoms with Crippen LogP contribution in [-0.4, -0.2) is 11.1 Å². The fourth-order valence-electron chi connectivity index (χ4n) is 2.04. The summed E-state index contributed by atoms with van der Waals surface area (Å²) >= 11 is 4.19. The van der Waals surface area contributed by atoms with E-state index in [0.717, 1.165) is 16.9 Å². The molecule has 0 bridgehead atoms. The minimum absolute atomic E-state index is 0.0565. The van der Waals surface area contributed by atoms with E-state index in [2.05, 4.69) is 15.9 Å². The number of rotatable bonds is 3. The summed E-state index contributed by atoms with van der Waals surface area (Å²) in [6.45, 7) is 3.87. The van der Waals surface area contributed by atoms with E-state index in [1.54, 1.807) is 12.1 Å². The molecule has 1 aromatic carbocycles. The van der Waals surface area contributed by atoms with Gasteiger partial charge in [0.15, 0.2) is 0 Å². The molecule has 0 saturated heterocycles. The van der Waals surface area contributed by atoms with Gasteiger partial charge in [-0.1, -0.05) is 19.9 Å². The molecule has 1 heterocycles. The molecule has 0 saturated carbocycles. The molecule has 0 amide bonds. The highest BCUT2D eigenvalue weighted by Crippen LogP contribution is 2.43. The number of thiophene rings is 1. The second-order valence-electron chi connectivity index (χ2n) is 4.68. The van der Waals surface area contributed by atoms with Gasteiger partial charge in [0.25, 0.3) is 0 Å². The largest absolute Gasteiger partial charge is 0.477 e. The lowest BCUT2D eigenvalue weighted by molar-refractivity contribution is 0.0703. The maximum atomic E-state index is 13.7. The molecule has 0 spiro atoms. The first-order chi connectivity index (χ1) is 9.32. The van der Waals surface area contributed by atoms with Gasteiger partial charge in [0.05, 0.1) is 10.2 Å². The van der Waals surface area contributed by atoms with Crippen LogP contribution in [0.5, 0.6) is 0 Å². The van der Waals surface area contributed by atoms with Gasteiger partial charge in [0.1, 0.15) is 10.7 Å². The maximum Gasteiger partial charge on any atom is 0.348 e. The second-order valence-corrected chi connectivity index (χ2v) is 6.55. The van der Waals surface area contributed by atoms with Crippen LogP contribution in [0.15, 0.2) is 22.7 Å². The first-order valence-corrected chi connectivity index (χ1v) is 7.54. The summed E-state index contributed by atoms with van der Waals surface area (Å²) in [5.74, 6) is -1.39. The van der Waals surface area contributed by atoms with Crippen LogP contribution in [0.1, 0.15) is 35.0 Å². The minimum atomic E-state index is -1.06. The molecule has 0 radical (unpaired) electrons. The number of carbonyl (C=O) groups is 1. The number of nitrogens with two attached hydrogens (primary N) is 1. The Bertz CT molecular complexity index is 682. The molecule has 0 atom stereocenters. The van der Waals surface area contributed by atoms with E-state index < -0.39 is 5.97 Å². The quantitative estimate of drug-likeness (QED) is 0.835. The minimum Gasteiger partial charge on any atom is -0.477 e. The number of halogens is 2. The summed E-state index contributed by atoms with van der Waals surface area (Å²) in [5, 5.41) is 9.18.